The van der Waals surface area contributed by atoms with Crippen LogP contribution >= 0.6 is 0 Å². The molecule has 0 aromatic heterocycles. The Kier molecular flexibility index (Phi) is 5.65. The van der Waals surface area contributed by atoms with E-state index >= 15 is 0 Å². The van der Waals surface area contributed by atoms with Crippen LogP contribution in [0.2, 0.25) is 0 Å². The zero-order valence-electron chi connectivity index (χ0n) is 14.7. The number of ether oxygens (including phenoxy) is 1. The first-order valence-electron chi connectivity index (χ1n) is 8.36. The fourth-order valence-corrected chi connectivity index (χ4v) is 3.33. The minimum atomic E-state index is -0.959. The van der Waals surface area contributed by atoms with Gasteiger partial charge >= 0.3 is 5.97 Å². The lowest BCUT2D eigenvalue weighted by molar-refractivity contribution is -0.151. The molecule has 1 fully saturated rings. The maximum Gasteiger partial charge on any atom is 0.313 e. The molecule has 1 atom stereocenters. The molecule has 0 spiro atoms. The minimum absolute atomic E-state index is 0.0261. The second kappa shape index (κ2) is 7.34. The number of rotatable bonds is 7. The molecule has 1 aromatic carbocycles. The minimum Gasteiger partial charge on any atom is -0.481 e. The molecule has 1 heterocycles. The van der Waals surface area contributed by atoms with E-state index in [0.717, 1.165) is 6.42 Å². The monoisotopic (exact) mass is 333 g/mol. The Morgan fingerprint density at radius 3 is 2.54 bits per heavy atom. The zero-order valence-corrected chi connectivity index (χ0v) is 14.7. The Labute approximate surface area is 143 Å². The van der Waals surface area contributed by atoms with Gasteiger partial charge in [-0.15, -0.1) is 0 Å². The Hall–Kier alpha value is -1.88. The van der Waals surface area contributed by atoms with Crippen molar-refractivity contribution in [2.24, 2.45) is 5.41 Å². The third-order valence-electron chi connectivity index (χ3n) is 5.10. The van der Waals surface area contributed by atoms with E-state index < -0.39 is 11.4 Å². The molecule has 2 rings (SSSR count). The number of carbonyl (C=O) groups is 2. The molecule has 5 heteroatoms. The van der Waals surface area contributed by atoms with Gasteiger partial charge in [0.05, 0.1) is 6.61 Å². The van der Waals surface area contributed by atoms with Gasteiger partial charge in [-0.1, -0.05) is 44.2 Å². The quantitative estimate of drug-likeness (QED) is 0.833. The van der Waals surface area contributed by atoms with Gasteiger partial charge in [-0.2, -0.15) is 0 Å². The molecular formula is C19H27NO4. The van der Waals surface area contributed by atoms with Crippen molar-refractivity contribution in [2.45, 2.75) is 38.5 Å². The van der Waals surface area contributed by atoms with Gasteiger partial charge in [0, 0.05) is 26.6 Å². The predicted molar refractivity (Wildman–Crippen MR) is 91.8 cm³/mol. The van der Waals surface area contributed by atoms with Crippen molar-refractivity contribution >= 4 is 11.9 Å². The molecule has 0 saturated carbocycles. The van der Waals surface area contributed by atoms with Gasteiger partial charge in [0.15, 0.2) is 0 Å². The molecule has 1 amide bonds. The number of nitrogens with zero attached hydrogens (tertiary/aromatic N) is 1. The Bertz CT molecular complexity index is 584. The van der Waals surface area contributed by atoms with E-state index in [9.17, 15) is 14.7 Å². The largest absolute Gasteiger partial charge is 0.481 e. The number of methoxy groups -OCH3 is 1. The van der Waals surface area contributed by atoms with Crippen LogP contribution in [0.25, 0.3) is 0 Å². The summed E-state index contributed by atoms with van der Waals surface area (Å²) >= 11 is 0. The summed E-state index contributed by atoms with van der Waals surface area (Å²) in [5, 5.41) is 9.48. The van der Waals surface area contributed by atoms with Gasteiger partial charge in [-0.05, 0) is 23.8 Å². The first-order valence-corrected chi connectivity index (χ1v) is 8.36. The highest BCUT2D eigenvalue weighted by molar-refractivity contribution is 5.80. The normalized spacial score (nSPS) is 21.0. The highest BCUT2D eigenvalue weighted by Gasteiger charge is 2.46. The van der Waals surface area contributed by atoms with Crippen LogP contribution in [0.3, 0.4) is 0 Å². The van der Waals surface area contributed by atoms with Crippen molar-refractivity contribution in [3.8, 4) is 0 Å². The summed E-state index contributed by atoms with van der Waals surface area (Å²) in [7, 11) is 1.50. The summed E-state index contributed by atoms with van der Waals surface area (Å²) in [6.07, 6.45) is 1.60. The second-order valence-electron chi connectivity index (χ2n) is 7.33. The standard InChI is InChI=1S/C19H27NO4/c1-18(2,15-7-5-4-6-8-15)10-9-16(21)20-12-11-19(13-20,14-24-3)17(22)23/h4-8H,9-14H2,1-3H3,(H,22,23). The topological polar surface area (TPSA) is 66.8 Å². The third kappa shape index (κ3) is 3.96. The first kappa shape index (κ1) is 18.5. The summed E-state index contributed by atoms with van der Waals surface area (Å²) < 4.78 is 5.07. The van der Waals surface area contributed by atoms with Crippen LogP contribution in [0.15, 0.2) is 30.3 Å². The smallest absolute Gasteiger partial charge is 0.313 e. The lowest BCUT2D eigenvalue weighted by Crippen LogP contribution is -2.40. The molecule has 24 heavy (non-hydrogen) atoms. The van der Waals surface area contributed by atoms with Crippen molar-refractivity contribution in [3.05, 3.63) is 35.9 Å². The van der Waals surface area contributed by atoms with Crippen molar-refractivity contribution < 1.29 is 19.4 Å². The predicted octanol–water partition coefficient (Wildman–Crippen LogP) is 2.69. The van der Waals surface area contributed by atoms with Crippen LogP contribution in [-0.2, 0) is 19.7 Å². The van der Waals surface area contributed by atoms with Crippen molar-refractivity contribution in [1.82, 2.24) is 4.90 Å². The van der Waals surface area contributed by atoms with Gasteiger partial charge in [0.2, 0.25) is 5.91 Å². The average Bonchev–Trinajstić information content (AvgIpc) is 3.00. The fourth-order valence-electron chi connectivity index (χ4n) is 3.33. The van der Waals surface area contributed by atoms with E-state index in [1.54, 1.807) is 4.90 Å². The van der Waals surface area contributed by atoms with E-state index in [1.807, 2.05) is 18.2 Å². The van der Waals surface area contributed by atoms with Gasteiger partial charge in [0.25, 0.3) is 0 Å². The van der Waals surface area contributed by atoms with E-state index in [-0.39, 0.29) is 24.5 Å². The SMILES string of the molecule is COCC1(C(=O)O)CCN(C(=O)CCC(C)(C)c2ccccc2)C1. The molecular weight excluding hydrogens is 306 g/mol. The molecule has 1 unspecified atom stereocenters. The molecule has 0 radical (unpaired) electrons. The average molecular weight is 333 g/mol. The van der Waals surface area contributed by atoms with E-state index in [4.69, 9.17) is 4.74 Å². The maximum absolute atomic E-state index is 12.5. The molecule has 1 saturated heterocycles. The molecule has 0 bridgehead atoms. The molecule has 1 aliphatic rings. The van der Waals surface area contributed by atoms with Crippen LogP contribution in [0.1, 0.15) is 38.7 Å². The highest BCUT2D eigenvalue weighted by Crippen LogP contribution is 2.33. The van der Waals surface area contributed by atoms with Gasteiger partial charge in [0.1, 0.15) is 5.41 Å². The van der Waals surface area contributed by atoms with E-state index in [2.05, 4.69) is 26.0 Å². The molecule has 5 nitrogen and oxygen atoms in total. The van der Waals surface area contributed by atoms with E-state index in [1.165, 1.54) is 12.7 Å². The number of benzene rings is 1. The van der Waals surface area contributed by atoms with Gasteiger partial charge < -0.3 is 14.7 Å². The van der Waals surface area contributed by atoms with Crippen molar-refractivity contribution in [1.29, 1.82) is 0 Å². The number of hydrogen-bond acceptors (Lipinski definition) is 3. The lowest BCUT2D eigenvalue weighted by Gasteiger charge is -2.27. The van der Waals surface area contributed by atoms with Gasteiger partial charge in [-0.3, -0.25) is 9.59 Å². The van der Waals surface area contributed by atoms with Crippen LogP contribution in [-0.4, -0.2) is 48.7 Å². The summed E-state index contributed by atoms with van der Waals surface area (Å²) in [6, 6.07) is 10.1. The summed E-state index contributed by atoms with van der Waals surface area (Å²) in [5.41, 5.74) is 0.158. The molecule has 0 aliphatic carbocycles. The van der Waals surface area contributed by atoms with Gasteiger partial charge in [-0.25, -0.2) is 0 Å². The molecule has 1 N–H and O–H groups in total. The molecule has 1 aliphatic heterocycles. The van der Waals surface area contributed by atoms with Crippen LogP contribution in [0, 0.1) is 5.41 Å². The van der Waals surface area contributed by atoms with Crippen molar-refractivity contribution in [3.63, 3.8) is 0 Å². The zero-order chi connectivity index (χ0) is 17.8. The Morgan fingerprint density at radius 1 is 1.29 bits per heavy atom. The summed E-state index contributed by atoms with van der Waals surface area (Å²) in [6.45, 7) is 5.13. The Balaban J connectivity index is 1.95. The highest BCUT2D eigenvalue weighted by atomic mass is 16.5. The van der Waals surface area contributed by atoms with Crippen LogP contribution < -0.4 is 0 Å². The Morgan fingerprint density at radius 2 is 1.96 bits per heavy atom. The number of likely N-dealkylation sites (tertiary alicyclic amines) is 1. The second-order valence-corrected chi connectivity index (χ2v) is 7.33. The van der Waals surface area contributed by atoms with E-state index in [0.29, 0.717) is 19.4 Å². The van der Waals surface area contributed by atoms with Crippen LogP contribution in [0.5, 0.6) is 0 Å². The van der Waals surface area contributed by atoms with Crippen LogP contribution in [0.4, 0.5) is 0 Å². The number of amides is 1. The van der Waals surface area contributed by atoms with Crippen molar-refractivity contribution in [2.75, 3.05) is 26.8 Å². The molecule has 1 aromatic rings. The lowest BCUT2D eigenvalue weighted by atomic mass is 9.80. The number of hydrogen-bond donors (Lipinski definition) is 1. The number of carbonyl (C=O) groups excluding carboxylic acids is 1. The third-order valence-corrected chi connectivity index (χ3v) is 5.10. The number of carboxylic acid groups (broad SMARTS) is 1. The first-order chi connectivity index (χ1) is 11.3. The maximum atomic E-state index is 12.5. The fraction of sp³-hybridized carbons (Fsp3) is 0.579. The number of carboxylic acids is 1. The summed E-state index contributed by atoms with van der Waals surface area (Å²) in [5.74, 6) is -0.859. The molecule has 132 valence electrons. The summed E-state index contributed by atoms with van der Waals surface area (Å²) in [4.78, 5) is 25.8. The number of aliphatic carboxylic acids is 1.